The maximum atomic E-state index is 5.72. The second-order valence-electron chi connectivity index (χ2n) is 6.05. The number of halogens is 1. The molecule has 0 bridgehead atoms. The second kappa shape index (κ2) is 8.16. The lowest BCUT2D eigenvalue weighted by molar-refractivity contribution is 0.0682. The van der Waals surface area contributed by atoms with Crippen molar-refractivity contribution >= 4 is 15.9 Å². The van der Waals surface area contributed by atoms with Gasteiger partial charge in [-0.3, -0.25) is 0 Å². The van der Waals surface area contributed by atoms with Crippen LogP contribution >= 0.6 is 15.9 Å². The molecule has 20 heavy (non-hydrogen) atoms. The van der Waals surface area contributed by atoms with Crippen LogP contribution in [0.25, 0.3) is 0 Å². The standard InChI is InChI=1S/C17H26BrNO/c1-13(2)20-10-9-14(12-19-16-7-8-16)11-15-5-3-4-6-17(15)18/h3-6,13-14,16,19H,7-12H2,1-2H3. The molecule has 0 amide bonds. The predicted octanol–water partition coefficient (Wildman–Crippen LogP) is 4.17. The second-order valence-corrected chi connectivity index (χ2v) is 6.91. The van der Waals surface area contributed by atoms with E-state index in [-0.39, 0.29) is 0 Å². The van der Waals surface area contributed by atoms with Gasteiger partial charge in [0.25, 0.3) is 0 Å². The summed E-state index contributed by atoms with van der Waals surface area (Å²) in [6.07, 6.45) is 5.27. The van der Waals surface area contributed by atoms with Crippen LogP contribution < -0.4 is 5.32 Å². The van der Waals surface area contributed by atoms with Gasteiger partial charge in [-0.1, -0.05) is 34.1 Å². The summed E-state index contributed by atoms with van der Waals surface area (Å²) in [4.78, 5) is 0. The molecule has 1 unspecified atom stereocenters. The molecule has 1 atom stereocenters. The summed E-state index contributed by atoms with van der Waals surface area (Å²) in [7, 11) is 0. The molecule has 112 valence electrons. The number of rotatable bonds is 9. The Balaban J connectivity index is 1.85. The fourth-order valence-corrected chi connectivity index (χ4v) is 2.79. The summed E-state index contributed by atoms with van der Waals surface area (Å²) in [6, 6.07) is 9.33. The van der Waals surface area contributed by atoms with Gasteiger partial charge < -0.3 is 10.1 Å². The highest BCUT2D eigenvalue weighted by Gasteiger charge is 2.22. The summed E-state index contributed by atoms with van der Waals surface area (Å²) in [5, 5.41) is 3.66. The monoisotopic (exact) mass is 339 g/mol. The first-order chi connectivity index (χ1) is 9.65. The van der Waals surface area contributed by atoms with Gasteiger partial charge in [-0.05, 0) is 63.6 Å². The molecular formula is C17H26BrNO. The van der Waals surface area contributed by atoms with E-state index >= 15 is 0 Å². The Labute approximate surface area is 131 Å². The van der Waals surface area contributed by atoms with Crippen molar-refractivity contribution in [2.75, 3.05) is 13.2 Å². The Bertz CT molecular complexity index is 404. The van der Waals surface area contributed by atoms with Gasteiger partial charge in [0.05, 0.1) is 6.10 Å². The molecular weight excluding hydrogens is 314 g/mol. The molecule has 0 saturated heterocycles. The van der Waals surface area contributed by atoms with E-state index in [9.17, 15) is 0 Å². The van der Waals surface area contributed by atoms with Gasteiger partial charge >= 0.3 is 0 Å². The lowest BCUT2D eigenvalue weighted by Crippen LogP contribution is -2.27. The molecule has 1 aromatic carbocycles. The maximum absolute atomic E-state index is 5.72. The summed E-state index contributed by atoms with van der Waals surface area (Å²) < 4.78 is 6.95. The molecule has 0 spiro atoms. The smallest absolute Gasteiger partial charge is 0.0518 e. The van der Waals surface area contributed by atoms with E-state index in [1.54, 1.807) is 0 Å². The van der Waals surface area contributed by atoms with Gasteiger partial charge in [0.15, 0.2) is 0 Å². The van der Waals surface area contributed by atoms with E-state index in [4.69, 9.17) is 4.74 Å². The Hall–Kier alpha value is -0.380. The van der Waals surface area contributed by atoms with Crippen LogP contribution in [0.5, 0.6) is 0 Å². The van der Waals surface area contributed by atoms with Crippen LogP contribution in [0.2, 0.25) is 0 Å². The van der Waals surface area contributed by atoms with Crippen molar-refractivity contribution in [3.8, 4) is 0 Å². The first-order valence-corrected chi connectivity index (χ1v) is 8.53. The van der Waals surface area contributed by atoms with Crippen LogP contribution in [0.15, 0.2) is 28.7 Å². The zero-order chi connectivity index (χ0) is 14.4. The van der Waals surface area contributed by atoms with Crippen LogP contribution in [0.3, 0.4) is 0 Å². The molecule has 0 radical (unpaired) electrons. The molecule has 2 nitrogen and oxygen atoms in total. The Morgan fingerprint density at radius 1 is 1.30 bits per heavy atom. The van der Waals surface area contributed by atoms with E-state index in [1.165, 1.54) is 22.9 Å². The number of hydrogen-bond donors (Lipinski definition) is 1. The van der Waals surface area contributed by atoms with Crippen molar-refractivity contribution in [1.82, 2.24) is 5.32 Å². The normalized spacial score (nSPS) is 16.6. The third-order valence-corrected chi connectivity index (χ3v) is 4.49. The van der Waals surface area contributed by atoms with E-state index in [1.807, 2.05) is 0 Å². The Kier molecular flexibility index (Phi) is 6.53. The topological polar surface area (TPSA) is 21.3 Å². The fourth-order valence-electron chi connectivity index (χ4n) is 2.34. The predicted molar refractivity (Wildman–Crippen MR) is 88.1 cm³/mol. The molecule has 1 aliphatic rings. The average molecular weight is 340 g/mol. The highest BCUT2D eigenvalue weighted by molar-refractivity contribution is 9.10. The van der Waals surface area contributed by atoms with Gasteiger partial charge in [-0.15, -0.1) is 0 Å². The van der Waals surface area contributed by atoms with Crippen LogP contribution in [-0.4, -0.2) is 25.3 Å². The minimum absolute atomic E-state index is 0.329. The summed E-state index contributed by atoms with van der Waals surface area (Å²) in [5.41, 5.74) is 1.40. The van der Waals surface area contributed by atoms with E-state index in [0.717, 1.165) is 32.0 Å². The van der Waals surface area contributed by atoms with Crippen molar-refractivity contribution in [3.63, 3.8) is 0 Å². The van der Waals surface area contributed by atoms with Gasteiger partial charge in [0.1, 0.15) is 0 Å². The molecule has 2 rings (SSSR count). The minimum Gasteiger partial charge on any atom is -0.379 e. The summed E-state index contributed by atoms with van der Waals surface area (Å²) in [6.45, 7) is 6.17. The molecule has 0 heterocycles. The molecule has 1 saturated carbocycles. The number of benzene rings is 1. The Morgan fingerprint density at radius 3 is 2.70 bits per heavy atom. The average Bonchev–Trinajstić information content (AvgIpc) is 3.22. The maximum Gasteiger partial charge on any atom is 0.0518 e. The van der Waals surface area contributed by atoms with Crippen molar-refractivity contribution < 1.29 is 4.74 Å². The molecule has 1 fully saturated rings. The molecule has 3 heteroatoms. The van der Waals surface area contributed by atoms with Gasteiger partial charge in [-0.25, -0.2) is 0 Å². The van der Waals surface area contributed by atoms with Crippen molar-refractivity contribution in [3.05, 3.63) is 34.3 Å². The summed E-state index contributed by atoms with van der Waals surface area (Å²) >= 11 is 3.66. The fraction of sp³-hybridized carbons (Fsp3) is 0.647. The van der Waals surface area contributed by atoms with Crippen molar-refractivity contribution in [2.45, 2.75) is 51.7 Å². The first-order valence-electron chi connectivity index (χ1n) is 7.73. The molecule has 1 N–H and O–H groups in total. The van der Waals surface area contributed by atoms with Crippen LogP contribution in [-0.2, 0) is 11.2 Å². The van der Waals surface area contributed by atoms with Gasteiger partial charge in [0.2, 0.25) is 0 Å². The molecule has 1 aromatic rings. The third kappa shape index (κ3) is 5.94. The third-order valence-electron chi connectivity index (χ3n) is 3.72. The zero-order valence-corrected chi connectivity index (χ0v) is 14.2. The molecule has 0 aliphatic heterocycles. The van der Waals surface area contributed by atoms with Crippen molar-refractivity contribution in [2.24, 2.45) is 5.92 Å². The SMILES string of the molecule is CC(C)OCCC(CNC1CC1)Cc1ccccc1Br. The highest BCUT2D eigenvalue weighted by Crippen LogP contribution is 2.23. The lowest BCUT2D eigenvalue weighted by Gasteiger charge is -2.19. The largest absolute Gasteiger partial charge is 0.379 e. The van der Waals surface area contributed by atoms with Gasteiger partial charge in [-0.2, -0.15) is 0 Å². The first kappa shape index (κ1) is 16.0. The highest BCUT2D eigenvalue weighted by atomic mass is 79.9. The lowest BCUT2D eigenvalue weighted by atomic mass is 9.96. The van der Waals surface area contributed by atoms with Crippen LogP contribution in [0, 0.1) is 5.92 Å². The minimum atomic E-state index is 0.329. The summed E-state index contributed by atoms with van der Waals surface area (Å²) in [5.74, 6) is 0.646. The van der Waals surface area contributed by atoms with Gasteiger partial charge in [0, 0.05) is 17.1 Å². The van der Waals surface area contributed by atoms with E-state index in [2.05, 4.69) is 59.4 Å². The number of hydrogen-bond acceptors (Lipinski definition) is 2. The zero-order valence-electron chi connectivity index (χ0n) is 12.6. The Morgan fingerprint density at radius 2 is 2.05 bits per heavy atom. The van der Waals surface area contributed by atoms with Crippen LogP contribution in [0.1, 0.15) is 38.7 Å². The van der Waals surface area contributed by atoms with E-state index < -0.39 is 0 Å². The van der Waals surface area contributed by atoms with Crippen LogP contribution in [0.4, 0.5) is 0 Å². The van der Waals surface area contributed by atoms with E-state index in [0.29, 0.717) is 12.0 Å². The number of nitrogens with one attached hydrogen (secondary N) is 1. The molecule has 0 aromatic heterocycles. The van der Waals surface area contributed by atoms with Crippen molar-refractivity contribution in [1.29, 1.82) is 0 Å². The number of ether oxygens (including phenoxy) is 1. The quantitative estimate of drug-likeness (QED) is 0.728. The molecule has 1 aliphatic carbocycles.